The summed E-state index contributed by atoms with van der Waals surface area (Å²) >= 11 is 6.09. The molecule has 156 valence electrons. The number of hydrogen-bond acceptors (Lipinski definition) is 3. The van der Waals surface area contributed by atoms with Crippen LogP contribution in [0.5, 0.6) is 0 Å². The van der Waals surface area contributed by atoms with Crippen molar-refractivity contribution in [3.63, 3.8) is 0 Å². The number of amides is 2. The maximum atomic E-state index is 12.6. The number of rotatable bonds is 9. The molecule has 2 unspecified atom stereocenters. The molecule has 2 atom stereocenters. The summed E-state index contributed by atoms with van der Waals surface area (Å²) in [6, 6.07) is 6.96. The molecular weight excluding hydrogens is 374 g/mol. The van der Waals surface area contributed by atoms with Gasteiger partial charge < -0.3 is 15.5 Å². The maximum absolute atomic E-state index is 12.6. The van der Waals surface area contributed by atoms with Crippen LogP contribution in [0.4, 0.5) is 0 Å². The molecule has 0 saturated carbocycles. The number of nitrogens with one attached hydrogen (secondary N) is 2. The maximum Gasteiger partial charge on any atom is 0.253 e. The lowest BCUT2D eigenvalue weighted by molar-refractivity contribution is -0.123. The third-order valence-corrected chi connectivity index (χ3v) is 5.80. The Morgan fingerprint density at radius 3 is 2.64 bits per heavy atom. The van der Waals surface area contributed by atoms with Gasteiger partial charge in [-0.25, -0.2) is 0 Å². The minimum atomic E-state index is -0.578. The zero-order valence-corrected chi connectivity index (χ0v) is 18.1. The highest BCUT2D eigenvalue weighted by atomic mass is 35.5. The van der Waals surface area contributed by atoms with Gasteiger partial charge in [0.05, 0.1) is 10.6 Å². The summed E-state index contributed by atoms with van der Waals surface area (Å²) in [5.41, 5.74) is 0.387. The number of benzene rings is 1. The second-order valence-electron chi connectivity index (χ2n) is 8.05. The molecule has 0 aliphatic carbocycles. The molecule has 6 heteroatoms. The Kier molecular flexibility index (Phi) is 9.26. The zero-order valence-electron chi connectivity index (χ0n) is 17.3. The first-order valence-corrected chi connectivity index (χ1v) is 10.8. The van der Waals surface area contributed by atoms with Crippen molar-refractivity contribution in [2.45, 2.75) is 65.0 Å². The van der Waals surface area contributed by atoms with Crippen LogP contribution < -0.4 is 10.6 Å². The van der Waals surface area contributed by atoms with Gasteiger partial charge in [-0.05, 0) is 63.7 Å². The van der Waals surface area contributed by atoms with Crippen LogP contribution in [-0.4, -0.2) is 48.4 Å². The molecule has 0 radical (unpaired) electrons. The SMILES string of the molecule is CC(C)C(NC(=O)c1ccccc1Cl)C(=O)NCCCCN1CCCCC1C. The summed E-state index contributed by atoms with van der Waals surface area (Å²) in [4.78, 5) is 27.6. The number of carbonyl (C=O) groups excluding carboxylic acids is 2. The lowest BCUT2D eigenvalue weighted by Crippen LogP contribution is -2.50. The van der Waals surface area contributed by atoms with Crippen LogP contribution in [0.1, 0.15) is 63.2 Å². The lowest BCUT2D eigenvalue weighted by Gasteiger charge is -2.33. The fourth-order valence-corrected chi connectivity index (χ4v) is 3.87. The third kappa shape index (κ3) is 6.78. The van der Waals surface area contributed by atoms with Crippen molar-refractivity contribution in [1.82, 2.24) is 15.5 Å². The fraction of sp³-hybridized carbons (Fsp3) is 0.636. The van der Waals surface area contributed by atoms with E-state index < -0.39 is 6.04 Å². The highest BCUT2D eigenvalue weighted by Crippen LogP contribution is 2.17. The Labute approximate surface area is 174 Å². The van der Waals surface area contributed by atoms with Crippen molar-refractivity contribution < 1.29 is 9.59 Å². The molecule has 1 aromatic rings. The molecule has 2 rings (SSSR count). The average Bonchev–Trinajstić information content (AvgIpc) is 2.67. The van der Waals surface area contributed by atoms with E-state index in [2.05, 4.69) is 22.5 Å². The lowest BCUT2D eigenvalue weighted by atomic mass is 10.0. The van der Waals surface area contributed by atoms with E-state index in [1.165, 1.54) is 25.8 Å². The smallest absolute Gasteiger partial charge is 0.253 e. The van der Waals surface area contributed by atoms with E-state index in [9.17, 15) is 9.59 Å². The number of likely N-dealkylation sites (tertiary alicyclic amines) is 1. The molecule has 5 nitrogen and oxygen atoms in total. The number of nitrogens with zero attached hydrogens (tertiary/aromatic N) is 1. The van der Waals surface area contributed by atoms with E-state index >= 15 is 0 Å². The Morgan fingerprint density at radius 1 is 1.21 bits per heavy atom. The fourth-order valence-electron chi connectivity index (χ4n) is 3.65. The van der Waals surface area contributed by atoms with Crippen LogP contribution in [-0.2, 0) is 4.79 Å². The number of piperidine rings is 1. The molecule has 1 aliphatic heterocycles. The van der Waals surface area contributed by atoms with Gasteiger partial charge in [0.2, 0.25) is 5.91 Å². The predicted molar refractivity (Wildman–Crippen MR) is 115 cm³/mol. The van der Waals surface area contributed by atoms with Crippen LogP contribution >= 0.6 is 11.6 Å². The van der Waals surface area contributed by atoms with Gasteiger partial charge >= 0.3 is 0 Å². The predicted octanol–water partition coefficient (Wildman–Crippen LogP) is 3.87. The van der Waals surface area contributed by atoms with Gasteiger partial charge in [0, 0.05) is 12.6 Å². The van der Waals surface area contributed by atoms with Crippen LogP contribution in [0.2, 0.25) is 5.02 Å². The molecule has 2 N–H and O–H groups in total. The summed E-state index contributed by atoms with van der Waals surface area (Å²) in [6.07, 6.45) is 5.94. The summed E-state index contributed by atoms with van der Waals surface area (Å²) in [7, 11) is 0. The quantitative estimate of drug-likeness (QED) is 0.611. The van der Waals surface area contributed by atoms with Gasteiger partial charge in [-0.3, -0.25) is 9.59 Å². The van der Waals surface area contributed by atoms with Crippen LogP contribution in [0.25, 0.3) is 0 Å². The molecule has 1 aliphatic rings. The Bertz CT molecular complexity index is 650. The molecule has 1 saturated heterocycles. The first-order valence-electron chi connectivity index (χ1n) is 10.5. The molecular formula is C22H34ClN3O2. The number of unbranched alkanes of at least 4 members (excludes halogenated alkanes) is 1. The summed E-state index contributed by atoms with van der Waals surface area (Å²) in [6.45, 7) is 9.07. The van der Waals surface area contributed by atoms with Crippen molar-refractivity contribution in [1.29, 1.82) is 0 Å². The molecule has 0 bridgehead atoms. The third-order valence-electron chi connectivity index (χ3n) is 5.47. The normalized spacial score (nSPS) is 18.7. The number of hydrogen-bond donors (Lipinski definition) is 2. The van der Waals surface area contributed by atoms with Crippen molar-refractivity contribution in [2.75, 3.05) is 19.6 Å². The highest BCUT2D eigenvalue weighted by molar-refractivity contribution is 6.33. The molecule has 2 amide bonds. The van der Waals surface area contributed by atoms with E-state index in [-0.39, 0.29) is 17.7 Å². The Hall–Kier alpha value is -1.59. The van der Waals surface area contributed by atoms with Crippen molar-refractivity contribution in [3.05, 3.63) is 34.9 Å². The van der Waals surface area contributed by atoms with E-state index in [0.717, 1.165) is 19.4 Å². The zero-order chi connectivity index (χ0) is 20.5. The van der Waals surface area contributed by atoms with E-state index in [1.54, 1.807) is 24.3 Å². The Morgan fingerprint density at radius 2 is 1.96 bits per heavy atom. The minimum Gasteiger partial charge on any atom is -0.354 e. The second kappa shape index (κ2) is 11.4. The van der Waals surface area contributed by atoms with E-state index in [4.69, 9.17) is 11.6 Å². The van der Waals surface area contributed by atoms with Gasteiger partial charge in [0.25, 0.3) is 5.91 Å². The molecule has 1 aromatic carbocycles. The van der Waals surface area contributed by atoms with Gasteiger partial charge in [-0.2, -0.15) is 0 Å². The van der Waals surface area contributed by atoms with Crippen LogP contribution in [0.3, 0.4) is 0 Å². The largest absolute Gasteiger partial charge is 0.354 e. The monoisotopic (exact) mass is 407 g/mol. The summed E-state index contributed by atoms with van der Waals surface area (Å²) < 4.78 is 0. The minimum absolute atomic E-state index is 0.0133. The van der Waals surface area contributed by atoms with Gasteiger partial charge in [0.15, 0.2) is 0 Å². The Balaban J connectivity index is 1.76. The van der Waals surface area contributed by atoms with Crippen LogP contribution in [0.15, 0.2) is 24.3 Å². The average molecular weight is 408 g/mol. The highest BCUT2D eigenvalue weighted by Gasteiger charge is 2.25. The van der Waals surface area contributed by atoms with E-state index in [0.29, 0.717) is 23.2 Å². The molecule has 0 spiro atoms. The van der Waals surface area contributed by atoms with E-state index in [1.807, 2.05) is 13.8 Å². The molecule has 1 fully saturated rings. The molecule has 28 heavy (non-hydrogen) atoms. The van der Waals surface area contributed by atoms with Gasteiger partial charge in [0.1, 0.15) is 6.04 Å². The topological polar surface area (TPSA) is 61.4 Å². The molecule has 1 heterocycles. The van der Waals surface area contributed by atoms with Crippen molar-refractivity contribution >= 4 is 23.4 Å². The second-order valence-corrected chi connectivity index (χ2v) is 8.46. The number of halogens is 1. The first kappa shape index (κ1) is 22.7. The summed E-state index contributed by atoms with van der Waals surface area (Å²) in [5.74, 6) is -0.471. The first-order chi connectivity index (χ1) is 13.4. The number of carbonyl (C=O) groups is 2. The van der Waals surface area contributed by atoms with Gasteiger partial charge in [-0.15, -0.1) is 0 Å². The molecule has 0 aromatic heterocycles. The van der Waals surface area contributed by atoms with Gasteiger partial charge in [-0.1, -0.05) is 44.0 Å². The standard InChI is InChI=1S/C22H34ClN3O2/c1-16(2)20(25-21(27)18-11-4-5-12-19(18)23)22(28)24-13-7-9-15-26-14-8-6-10-17(26)3/h4-5,11-12,16-17,20H,6-10,13-15H2,1-3H3,(H,24,28)(H,25,27). The van der Waals surface area contributed by atoms with Crippen LogP contribution in [0, 0.1) is 5.92 Å². The summed E-state index contributed by atoms with van der Waals surface area (Å²) in [5, 5.41) is 6.19. The van der Waals surface area contributed by atoms with Crippen molar-refractivity contribution in [2.24, 2.45) is 5.92 Å². The van der Waals surface area contributed by atoms with Crippen molar-refractivity contribution in [3.8, 4) is 0 Å².